The Bertz CT molecular complexity index is 902. The van der Waals surface area contributed by atoms with Crippen molar-refractivity contribution in [1.29, 1.82) is 0 Å². The Kier molecular flexibility index (Phi) is 3.83. The largest absolute Gasteiger partial charge is 0.391 e. The Labute approximate surface area is 153 Å². The Morgan fingerprint density at radius 3 is 2.81 bits per heavy atom. The normalized spacial score (nSPS) is 29.3. The number of rotatable bonds is 3. The topological polar surface area (TPSA) is 59.1 Å². The van der Waals surface area contributed by atoms with Crippen molar-refractivity contribution in [2.45, 2.75) is 31.5 Å². The summed E-state index contributed by atoms with van der Waals surface area (Å²) in [5.41, 5.74) is 2.66. The van der Waals surface area contributed by atoms with Gasteiger partial charge in [-0.05, 0) is 47.8 Å². The SMILES string of the molecule is Cn1ccc2ccc(CN3C[C@H]4C[C@@H](n5cncn5)[C@H](O)C[C@H]4C3)cc21. The average molecular weight is 351 g/mol. The van der Waals surface area contributed by atoms with Crippen LogP contribution in [0.15, 0.2) is 43.1 Å². The van der Waals surface area contributed by atoms with Gasteiger partial charge >= 0.3 is 0 Å². The maximum absolute atomic E-state index is 10.6. The lowest BCUT2D eigenvalue weighted by Gasteiger charge is -2.35. The zero-order valence-corrected chi connectivity index (χ0v) is 15.1. The van der Waals surface area contributed by atoms with Gasteiger partial charge in [0.1, 0.15) is 12.7 Å². The van der Waals surface area contributed by atoms with E-state index in [1.807, 2.05) is 4.68 Å². The fourth-order valence-corrected chi connectivity index (χ4v) is 4.97. The van der Waals surface area contributed by atoms with Crippen molar-refractivity contribution in [1.82, 2.24) is 24.2 Å². The quantitative estimate of drug-likeness (QED) is 0.786. The summed E-state index contributed by atoms with van der Waals surface area (Å²) in [6, 6.07) is 9.01. The molecule has 1 aliphatic heterocycles. The van der Waals surface area contributed by atoms with Gasteiger partial charge in [0.2, 0.25) is 0 Å². The molecule has 2 fully saturated rings. The van der Waals surface area contributed by atoms with E-state index in [-0.39, 0.29) is 12.1 Å². The van der Waals surface area contributed by atoms with Crippen molar-refractivity contribution in [2.24, 2.45) is 18.9 Å². The van der Waals surface area contributed by atoms with Crippen molar-refractivity contribution >= 4 is 10.9 Å². The molecule has 1 saturated heterocycles. The molecule has 1 aliphatic carbocycles. The minimum atomic E-state index is -0.322. The molecule has 0 radical (unpaired) electrons. The number of nitrogens with zero attached hydrogens (tertiary/aromatic N) is 5. The molecule has 2 aliphatic rings. The van der Waals surface area contributed by atoms with Crippen LogP contribution < -0.4 is 0 Å². The predicted octanol–water partition coefficient (Wildman–Crippen LogP) is 2.21. The van der Waals surface area contributed by atoms with Gasteiger partial charge in [-0.2, -0.15) is 5.10 Å². The molecule has 3 heterocycles. The molecule has 6 nitrogen and oxygen atoms in total. The second-order valence-corrected chi connectivity index (χ2v) is 8.02. The fourth-order valence-electron chi connectivity index (χ4n) is 4.97. The second kappa shape index (κ2) is 6.21. The molecule has 1 saturated carbocycles. The smallest absolute Gasteiger partial charge is 0.137 e. The molecule has 0 spiro atoms. The Morgan fingerprint density at radius 2 is 2.00 bits per heavy atom. The lowest BCUT2D eigenvalue weighted by molar-refractivity contribution is 0.0304. The Hall–Kier alpha value is -2.18. The van der Waals surface area contributed by atoms with Crippen molar-refractivity contribution in [2.75, 3.05) is 13.1 Å². The van der Waals surface area contributed by atoms with Gasteiger partial charge in [0.05, 0.1) is 12.1 Å². The molecule has 1 aromatic carbocycles. The van der Waals surface area contributed by atoms with Crippen LogP contribution in [-0.2, 0) is 13.6 Å². The summed E-state index contributed by atoms with van der Waals surface area (Å²) in [6.45, 7) is 3.17. The number of benzene rings is 1. The van der Waals surface area contributed by atoms with Gasteiger partial charge in [-0.1, -0.05) is 12.1 Å². The zero-order chi connectivity index (χ0) is 17.7. The number of aryl methyl sites for hydroxylation is 1. The van der Waals surface area contributed by atoms with Crippen LogP contribution in [0.4, 0.5) is 0 Å². The zero-order valence-electron chi connectivity index (χ0n) is 15.1. The molecule has 0 unspecified atom stereocenters. The van der Waals surface area contributed by atoms with Crippen LogP contribution in [0.2, 0.25) is 0 Å². The molecule has 3 aromatic rings. The van der Waals surface area contributed by atoms with Crippen LogP contribution in [0, 0.1) is 11.8 Å². The van der Waals surface area contributed by atoms with Crippen molar-refractivity contribution in [3.8, 4) is 0 Å². The van der Waals surface area contributed by atoms with Gasteiger partial charge < -0.3 is 9.67 Å². The summed E-state index contributed by atoms with van der Waals surface area (Å²) in [4.78, 5) is 6.60. The van der Waals surface area contributed by atoms with E-state index in [1.54, 1.807) is 12.7 Å². The van der Waals surface area contributed by atoms with E-state index in [0.29, 0.717) is 11.8 Å². The van der Waals surface area contributed by atoms with E-state index in [2.05, 4.69) is 57.1 Å². The van der Waals surface area contributed by atoms with E-state index in [0.717, 1.165) is 32.5 Å². The molecule has 136 valence electrons. The van der Waals surface area contributed by atoms with Crippen molar-refractivity contribution in [3.05, 3.63) is 48.7 Å². The van der Waals surface area contributed by atoms with E-state index in [4.69, 9.17) is 0 Å². The summed E-state index contributed by atoms with van der Waals surface area (Å²) < 4.78 is 4.02. The summed E-state index contributed by atoms with van der Waals surface area (Å²) in [5, 5.41) is 16.1. The lowest BCUT2D eigenvalue weighted by atomic mass is 9.77. The second-order valence-electron chi connectivity index (χ2n) is 8.02. The fraction of sp³-hybridized carbons (Fsp3) is 0.500. The molecule has 26 heavy (non-hydrogen) atoms. The summed E-state index contributed by atoms with van der Waals surface area (Å²) in [7, 11) is 2.10. The first-order valence-corrected chi connectivity index (χ1v) is 9.46. The maximum Gasteiger partial charge on any atom is 0.137 e. The molecular formula is C20H25N5O. The van der Waals surface area contributed by atoms with Crippen LogP contribution >= 0.6 is 0 Å². The maximum atomic E-state index is 10.6. The number of aliphatic hydroxyl groups is 1. The van der Waals surface area contributed by atoms with Crippen LogP contribution in [0.3, 0.4) is 0 Å². The lowest BCUT2D eigenvalue weighted by Crippen LogP contribution is -2.36. The minimum absolute atomic E-state index is 0.0680. The van der Waals surface area contributed by atoms with Gasteiger partial charge in [0.25, 0.3) is 0 Å². The highest BCUT2D eigenvalue weighted by atomic mass is 16.3. The number of hydrogen-bond acceptors (Lipinski definition) is 4. The molecule has 0 bridgehead atoms. The monoisotopic (exact) mass is 351 g/mol. The highest BCUT2D eigenvalue weighted by Gasteiger charge is 2.42. The predicted molar refractivity (Wildman–Crippen MR) is 99.5 cm³/mol. The van der Waals surface area contributed by atoms with Gasteiger partial charge in [-0.15, -0.1) is 0 Å². The molecule has 1 N–H and O–H groups in total. The van der Waals surface area contributed by atoms with Crippen LogP contribution in [0.1, 0.15) is 24.4 Å². The van der Waals surface area contributed by atoms with Crippen molar-refractivity contribution in [3.63, 3.8) is 0 Å². The summed E-state index contributed by atoms with van der Waals surface area (Å²) in [6.07, 6.45) is 6.93. The molecule has 2 aromatic heterocycles. The number of hydrogen-bond donors (Lipinski definition) is 1. The highest BCUT2D eigenvalue weighted by molar-refractivity contribution is 5.80. The van der Waals surface area contributed by atoms with E-state index in [9.17, 15) is 5.11 Å². The van der Waals surface area contributed by atoms with Crippen molar-refractivity contribution < 1.29 is 5.11 Å². The number of fused-ring (bicyclic) bond motifs is 2. The molecule has 5 rings (SSSR count). The number of aliphatic hydroxyl groups excluding tert-OH is 1. The summed E-state index contributed by atoms with van der Waals surface area (Å²) in [5.74, 6) is 1.22. The van der Waals surface area contributed by atoms with Gasteiger partial charge in [-0.25, -0.2) is 9.67 Å². The highest BCUT2D eigenvalue weighted by Crippen LogP contribution is 2.41. The first-order chi connectivity index (χ1) is 12.7. The van der Waals surface area contributed by atoms with E-state index < -0.39 is 0 Å². The third kappa shape index (κ3) is 2.73. The van der Waals surface area contributed by atoms with Gasteiger partial charge in [0.15, 0.2) is 0 Å². The minimum Gasteiger partial charge on any atom is -0.391 e. The first kappa shape index (κ1) is 16.0. The number of likely N-dealkylation sites (tertiary alicyclic amines) is 1. The van der Waals surface area contributed by atoms with E-state index in [1.165, 1.54) is 16.5 Å². The van der Waals surface area contributed by atoms with E-state index >= 15 is 0 Å². The molecule has 4 atom stereocenters. The average Bonchev–Trinajstić information content (AvgIpc) is 3.35. The van der Waals surface area contributed by atoms with Gasteiger partial charge in [0, 0.05) is 38.4 Å². The number of aromatic nitrogens is 4. The molecule has 0 amide bonds. The molecule has 6 heteroatoms. The van der Waals surface area contributed by atoms with Crippen LogP contribution in [0.25, 0.3) is 10.9 Å². The van der Waals surface area contributed by atoms with Gasteiger partial charge in [-0.3, -0.25) is 4.90 Å². The standard InChI is InChI=1S/C20H25N5O/c1-23-5-4-15-3-2-14(6-18(15)23)9-24-10-16-7-19(25-13-21-12-22-25)20(26)8-17(16)11-24/h2-6,12-13,16-17,19-20,26H,7-11H2,1H3/t16-,17+,19-,20-/m1/s1. The van der Waals surface area contributed by atoms with Crippen LogP contribution in [-0.4, -0.2) is 48.5 Å². The third-order valence-electron chi connectivity index (χ3n) is 6.32. The molecular weight excluding hydrogens is 326 g/mol. The first-order valence-electron chi connectivity index (χ1n) is 9.46. The Morgan fingerprint density at radius 1 is 1.15 bits per heavy atom. The van der Waals surface area contributed by atoms with Crippen LogP contribution in [0.5, 0.6) is 0 Å². The third-order valence-corrected chi connectivity index (χ3v) is 6.32. The Balaban J connectivity index is 1.30. The summed E-state index contributed by atoms with van der Waals surface area (Å²) >= 11 is 0.